The molecular formula is C16H41N7. The minimum atomic E-state index is 0.0677. The largest absolute Gasteiger partial charge is 0.330 e. The summed E-state index contributed by atoms with van der Waals surface area (Å²) >= 11 is 0. The Morgan fingerprint density at radius 2 is 1.13 bits per heavy atom. The highest BCUT2D eigenvalue weighted by molar-refractivity contribution is 4.93. The van der Waals surface area contributed by atoms with Crippen LogP contribution in [0.15, 0.2) is 0 Å². The van der Waals surface area contributed by atoms with Crippen LogP contribution in [0.1, 0.15) is 38.5 Å². The van der Waals surface area contributed by atoms with E-state index in [2.05, 4.69) is 10.2 Å². The fraction of sp³-hybridized carbons (Fsp3) is 1.00. The quantitative estimate of drug-likeness (QED) is 0.183. The molecule has 0 fully saturated rings. The molecule has 0 aromatic carbocycles. The van der Waals surface area contributed by atoms with Crippen molar-refractivity contribution in [2.75, 3.05) is 58.9 Å². The lowest BCUT2D eigenvalue weighted by atomic mass is 9.85. The predicted octanol–water partition coefficient (Wildman–Crippen LogP) is -1.25. The Labute approximate surface area is 142 Å². The summed E-state index contributed by atoms with van der Waals surface area (Å²) in [5, 5.41) is 3.52. The molecule has 140 valence electrons. The van der Waals surface area contributed by atoms with Gasteiger partial charge in [0.2, 0.25) is 0 Å². The highest BCUT2D eigenvalue weighted by Crippen LogP contribution is 2.27. The molecule has 0 spiro atoms. The van der Waals surface area contributed by atoms with E-state index >= 15 is 0 Å². The van der Waals surface area contributed by atoms with Crippen LogP contribution in [0.5, 0.6) is 0 Å². The molecule has 0 aliphatic rings. The molecule has 0 saturated heterocycles. The van der Waals surface area contributed by atoms with Crippen molar-refractivity contribution in [1.29, 1.82) is 0 Å². The third-order valence-corrected chi connectivity index (χ3v) is 4.40. The fourth-order valence-electron chi connectivity index (χ4n) is 3.17. The highest BCUT2D eigenvalue weighted by atomic mass is 15.2. The van der Waals surface area contributed by atoms with Crippen LogP contribution in [-0.4, -0.2) is 69.3 Å². The standard InChI is InChI=1S/C16H41N7/c17-7-1-5-16(6-2-8-18,15-22-12-11-21)23(13-3-9-19)14-4-10-20/h22H,1-15,17-21H2. The van der Waals surface area contributed by atoms with Gasteiger partial charge in [0.05, 0.1) is 0 Å². The molecule has 0 aromatic rings. The first-order chi connectivity index (χ1) is 11.2. The summed E-state index contributed by atoms with van der Waals surface area (Å²) in [7, 11) is 0. The average Bonchev–Trinajstić information content (AvgIpc) is 2.57. The first-order valence-electron chi connectivity index (χ1n) is 9.17. The Kier molecular flexibility index (Phi) is 15.1. The molecule has 0 radical (unpaired) electrons. The summed E-state index contributed by atoms with van der Waals surface area (Å²) in [6, 6.07) is 0. The Morgan fingerprint density at radius 1 is 0.652 bits per heavy atom. The number of hydrogen-bond donors (Lipinski definition) is 6. The van der Waals surface area contributed by atoms with Crippen molar-refractivity contribution in [3.63, 3.8) is 0 Å². The topological polar surface area (TPSA) is 145 Å². The highest BCUT2D eigenvalue weighted by Gasteiger charge is 2.34. The maximum Gasteiger partial charge on any atom is 0.0334 e. The summed E-state index contributed by atoms with van der Waals surface area (Å²) < 4.78 is 0. The molecule has 0 atom stereocenters. The fourth-order valence-corrected chi connectivity index (χ4v) is 3.17. The van der Waals surface area contributed by atoms with Gasteiger partial charge in [-0.05, 0) is 77.8 Å². The zero-order valence-electron chi connectivity index (χ0n) is 14.9. The van der Waals surface area contributed by atoms with Crippen LogP contribution in [0.4, 0.5) is 0 Å². The lowest BCUT2D eigenvalue weighted by Crippen LogP contribution is -2.56. The number of nitrogens with two attached hydrogens (primary N) is 5. The van der Waals surface area contributed by atoms with Crippen LogP contribution < -0.4 is 34.0 Å². The monoisotopic (exact) mass is 331 g/mol. The summed E-state index contributed by atoms with van der Waals surface area (Å²) in [6.45, 7) is 7.22. The first-order valence-corrected chi connectivity index (χ1v) is 9.17. The SMILES string of the molecule is NCCCN(CCCN)C(CCCN)(CCCN)CNCCN. The van der Waals surface area contributed by atoms with Crippen molar-refractivity contribution >= 4 is 0 Å². The zero-order valence-corrected chi connectivity index (χ0v) is 14.9. The summed E-state index contributed by atoms with van der Waals surface area (Å²) in [5.74, 6) is 0. The molecule has 0 heterocycles. The summed E-state index contributed by atoms with van der Waals surface area (Å²) in [6.07, 6.45) is 6.14. The second-order valence-electron chi connectivity index (χ2n) is 6.25. The molecule has 23 heavy (non-hydrogen) atoms. The van der Waals surface area contributed by atoms with Gasteiger partial charge in [-0.1, -0.05) is 0 Å². The number of hydrogen-bond acceptors (Lipinski definition) is 7. The predicted molar refractivity (Wildman–Crippen MR) is 100 cm³/mol. The van der Waals surface area contributed by atoms with Crippen LogP contribution >= 0.6 is 0 Å². The van der Waals surface area contributed by atoms with E-state index in [9.17, 15) is 0 Å². The van der Waals surface area contributed by atoms with Crippen molar-refractivity contribution in [1.82, 2.24) is 10.2 Å². The van der Waals surface area contributed by atoms with Crippen molar-refractivity contribution in [2.45, 2.75) is 44.1 Å². The summed E-state index contributed by atoms with van der Waals surface area (Å²) in [4.78, 5) is 2.57. The van der Waals surface area contributed by atoms with Crippen molar-refractivity contribution < 1.29 is 0 Å². The van der Waals surface area contributed by atoms with E-state index in [0.717, 1.165) is 64.7 Å². The molecular weight excluding hydrogens is 290 g/mol. The number of nitrogens with zero attached hydrogens (tertiary/aromatic N) is 1. The molecule has 0 aliphatic heterocycles. The van der Waals surface area contributed by atoms with Gasteiger partial charge in [-0.25, -0.2) is 0 Å². The average molecular weight is 332 g/mol. The van der Waals surface area contributed by atoms with Crippen LogP contribution in [0, 0.1) is 0 Å². The second-order valence-corrected chi connectivity index (χ2v) is 6.25. The maximum atomic E-state index is 5.80. The lowest BCUT2D eigenvalue weighted by molar-refractivity contribution is 0.0637. The van der Waals surface area contributed by atoms with Gasteiger partial charge in [0.1, 0.15) is 0 Å². The van der Waals surface area contributed by atoms with Gasteiger partial charge < -0.3 is 34.0 Å². The van der Waals surface area contributed by atoms with Gasteiger partial charge in [-0.2, -0.15) is 0 Å². The molecule has 0 bridgehead atoms. The third kappa shape index (κ3) is 9.56. The van der Waals surface area contributed by atoms with Gasteiger partial charge in [0, 0.05) is 25.2 Å². The lowest BCUT2D eigenvalue weighted by Gasteiger charge is -2.45. The molecule has 0 amide bonds. The molecule has 0 rings (SSSR count). The normalized spacial score (nSPS) is 12.3. The van der Waals surface area contributed by atoms with Crippen molar-refractivity contribution in [3.8, 4) is 0 Å². The Hall–Kier alpha value is -0.280. The Morgan fingerprint density at radius 3 is 1.52 bits per heavy atom. The van der Waals surface area contributed by atoms with E-state index in [1.807, 2.05) is 0 Å². The first kappa shape index (κ1) is 22.7. The number of nitrogens with one attached hydrogen (secondary N) is 1. The molecule has 0 unspecified atom stereocenters. The van der Waals surface area contributed by atoms with E-state index in [4.69, 9.17) is 28.7 Å². The van der Waals surface area contributed by atoms with Crippen molar-refractivity contribution in [3.05, 3.63) is 0 Å². The van der Waals surface area contributed by atoms with Gasteiger partial charge in [-0.15, -0.1) is 0 Å². The molecule has 0 aromatic heterocycles. The van der Waals surface area contributed by atoms with Gasteiger partial charge >= 0.3 is 0 Å². The smallest absolute Gasteiger partial charge is 0.0334 e. The Bertz CT molecular complexity index is 235. The van der Waals surface area contributed by atoms with Crippen LogP contribution in [0.2, 0.25) is 0 Å². The molecule has 11 N–H and O–H groups in total. The van der Waals surface area contributed by atoms with Gasteiger partial charge in [0.15, 0.2) is 0 Å². The minimum absolute atomic E-state index is 0.0677. The van der Waals surface area contributed by atoms with Crippen LogP contribution in [-0.2, 0) is 0 Å². The molecule has 7 nitrogen and oxygen atoms in total. The Balaban J connectivity index is 5.16. The molecule has 0 aliphatic carbocycles. The third-order valence-electron chi connectivity index (χ3n) is 4.40. The minimum Gasteiger partial charge on any atom is -0.330 e. The summed E-state index contributed by atoms with van der Waals surface area (Å²) in [5.41, 5.74) is 28.8. The van der Waals surface area contributed by atoms with Crippen molar-refractivity contribution in [2.24, 2.45) is 28.7 Å². The van der Waals surface area contributed by atoms with E-state index in [0.29, 0.717) is 32.7 Å². The second kappa shape index (κ2) is 15.3. The van der Waals surface area contributed by atoms with E-state index < -0.39 is 0 Å². The van der Waals surface area contributed by atoms with Gasteiger partial charge in [0.25, 0.3) is 0 Å². The van der Waals surface area contributed by atoms with E-state index in [-0.39, 0.29) is 5.54 Å². The van der Waals surface area contributed by atoms with Gasteiger partial charge in [-0.3, -0.25) is 4.90 Å². The maximum absolute atomic E-state index is 5.80. The number of rotatable bonds is 17. The van der Waals surface area contributed by atoms with Crippen LogP contribution in [0.3, 0.4) is 0 Å². The van der Waals surface area contributed by atoms with E-state index in [1.165, 1.54) is 0 Å². The molecule has 7 heteroatoms. The van der Waals surface area contributed by atoms with Crippen LogP contribution in [0.25, 0.3) is 0 Å². The van der Waals surface area contributed by atoms with E-state index in [1.54, 1.807) is 0 Å². The molecule has 0 saturated carbocycles. The zero-order chi connectivity index (χ0) is 17.4.